The molecule has 0 atom stereocenters. The Hall–Kier alpha value is -4.72. The maximum Gasteiger partial charge on any atom is 0.228 e. The first kappa shape index (κ1) is 21.1. The Labute approximate surface area is 197 Å². The summed E-state index contributed by atoms with van der Waals surface area (Å²) in [5.74, 6) is 2.35. The highest BCUT2D eigenvalue weighted by Crippen LogP contribution is 2.31. The maximum absolute atomic E-state index is 6.08. The van der Waals surface area contributed by atoms with Crippen molar-refractivity contribution in [3.8, 4) is 34.1 Å². The van der Waals surface area contributed by atoms with Crippen molar-refractivity contribution >= 4 is 17.6 Å². The number of aromatic nitrogens is 5. The number of aryl methyl sites for hydroxylation is 1. The molecule has 0 saturated carbocycles. The molecule has 0 fully saturated rings. The molecule has 34 heavy (non-hydrogen) atoms. The zero-order valence-corrected chi connectivity index (χ0v) is 18.8. The highest BCUT2D eigenvalue weighted by Gasteiger charge is 2.12. The van der Waals surface area contributed by atoms with Crippen molar-refractivity contribution in [2.24, 2.45) is 0 Å². The summed E-state index contributed by atoms with van der Waals surface area (Å²) < 4.78 is 6.08. The predicted octanol–water partition coefficient (Wildman–Crippen LogP) is 5.81. The average Bonchev–Trinajstić information content (AvgIpc) is 3.26. The van der Waals surface area contributed by atoms with E-state index in [1.165, 1.54) is 0 Å². The lowest BCUT2D eigenvalue weighted by Gasteiger charge is -2.11. The molecular weight excluding hydrogens is 426 g/mol. The Bertz CT molecular complexity index is 1400. The summed E-state index contributed by atoms with van der Waals surface area (Å²) in [5, 5.41) is 6.26. The summed E-state index contributed by atoms with van der Waals surface area (Å²) in [6.45, 7) is 2.01. The molecule has 5 rings (SSSR count). The third-order valence-corrected chi connectivity index (χ3v) is 5.19. The number of hydrogen-bond acceptors (Lipinski definition) is 7. The Morgan fingerprint density at radius 1 is 0.824 bits per heavy atom. The monoisotopic (exact) mass is 449 g/mol. The molecule has 0 spiro atoms. The molecule has 0 radical (unpaired) electrons. The van der Waals surface area contributed by atoms with Gasteiger partial charge in [-0.2, -0.15) is 0 Å². The average molecular weight is 450 g/mol. The van der Waals surface area contributed by atoms with Crippen molar-refractivity contribution in [3.63, 3.8) is 0 Å². The fourth-order valence-corrected chi connectivity index (χ4v) is 3.55. The fraction of sp³-hybridized carbons (Fsp3) is 0.0769. The molecule has 2 aromatic carbocycles. The highest BCUT2D eigenvalue weighted by molar-refractivity contribution is 5.67. The van der Waals surface area contributed by atoms with Gasteiger partial charge in [-0.15, -0.1) is 0 Å². The summed E-state index contributed by atoms with van der Waals surface area (Å²) in [7, 11) is 1.78. The molecule has 0 aliphatic rings. The molecule has 3 aromatic heterocycles. The minimum atomic E-state index is 0.470. The Kier molecular flexibility index (Phi) is 5.85. The van der Waals surface area contributed by atoms with Crippen molar-refractivity contribution in [1.82, 2.24) is 24.9 Å². The highest BCUT2D eigenvalue weighted by atomic mass is 16.5. The molecule has 3 N–H and O–H groups in total. The van der Waals surface area contributed by atoms with E-state index in [1.807, 2.05) is 79.7 Å². The van der Waals surface area contributed by atoms with Gasteiger partial charge in [0.25, 0.3) is 0 Å². The van der Waals surface area contributed by atoms with Gasteiger partial charge in [-0.25, -0.2) is 19.9 Å². The minimum Gasteiger partial charge on any atom is -0.438 e. The van der Waals surface area contributed by atoms with Gasteiger partial charge < -0.3 is 20.4 Å². The summed E-state index contributed by atoms with van der Waals surface area (Å²) in [5.41, 5.74) is 5.40. The number of ether oxygens (including phenoxy) is 1. The Morgan fingerprint density at radius 2 is 1.65 bits per heavy atom. The number of H-pyrrole nitrogens is 1. The van der Waals surface area contributed by atoms with Crippen LogP contribution in [0.3, 0.4) is 0 Å². The first-order chi connectivity index (χ1) is 16.7. The Balaban J connectivity index is 1.32. The van der Waals surface area contributed by atoms with E-state index in [4.69, 9.17) is 9.72 Å². The van der Waals surface area contributed by atoms with Crippen LogP contribution < -0.4 is 15.4 Å². The number of aromatic amines is 1. The number of pyridine rings is 1. The Morgan fingerprint density at radius 3 is 2.44 bits per heavy atom. The topological polar surface area (TPSA) is 101 Å². The number of anilines is 3. The largest absolute Gasteiger partial charge is 0.438 e. The van der Waals surface area contributed by atoms with Crippen molar-refractivity contribution < 1.29 is 4.74 Å². The molecule has 0 bridgehead atoms. The lowest BCUT2D eigenvalue weighted by atomic mass is 10.1. The maximum atomic E-state index is 6.08. The van der Waals surface area contributed by atoms with Crippen LogP contribution >= 0.6 is 0 Å². The lowest BCUT2D eigenvalue weighted by Crippen LogP contribution is -1.98. The number of nitrogens with zero attached hydrogens (tertiary/aromatic N) is 4. The van der Waals surface area contributed by atoms with Crippen molar-refractivity contribution in [2.45, 2.75) is 6.92 Å². The summed E-state index contributed by atoms with van der Waals surface area (Å²) in [4.78, 5) is 21.1. The SMILES string of the molecule is CNc1nccc(-c2cccnc2Oc2ccc(Nc3nc(-c4ccccc4)c(C)[nH]3)cc2)n1. The predicted molar refractivity (Wildman–Crippen MR) is 133 cm³/mol. The van der Waals surface area contributed by atoms with Gasteiger partial charge in [0.1, 0.15) is 5.75 Å². The van der Waals surface area contributed by atoms with Gasteiger partial charge in [0.05, 0.1) is 17.0 Å². The van der Waals surface area contributed by atoms with Crippen LogP contribution in [0.25, 0.3) is 22.5 Å². The van der Waals surface area contributed by atoms with Crippen LogP contribution in [0.2, 0.25) is 0 Å². The molecule has 3 heterocycles. The normalized spacial score (nSPS) is 10.6. The fourth-order valence-electron chi connectivity index (χ4n) is 3.55. The first-order valence-electron chi connectivity index (χ1n) is 10.8. The van der Waals surface area contributed by atoms with Gasteiger partial charge in [0, 0.05) is 36.4 Å². The van der Waals surface area contributed by atoms with Crippen molar-refractivity contribution in [1.29, 1.82) is 0 Å². The number of hydrogen-bond donors (Lipinski definition) is 3. The third kappa shape index (κ3) is 4.56. The van der Waals surface area contributed by atoms with E-state index in [0.717, 1.165) is 33.9 Å². The smallest absolute Gasteiger partial charge is 0.228 e. The van der Waals surface area contributed by atoms with Crippen molar-refractivity contribution in [3.05, 3.63) is 90.9 Å². The molecule has 8 nitrogen and oxygen atoms in total. The summed E-state index contributed by atoms with van der Waals surface area (Å²) >= 11 is 0. The molecule has 0 aliphatic carbocycles. The van der Waals surface area contributed by atoms with Gasteiger partial charge in [0.2, 0.25) is 17.8 Å². The zero-order valence-electron chi connectivity index (χ0n) is 18.8. The van der Waals surface area contributed by atoms with Crippen LogP contribution in [0.4, 0.5) is 17.6 Å². The van der Waals surface area contributed by atoms with Crippen LogP contribution in [0.15, 0.2) is 85.2 Å². The van der Waals surface area contributed by atoms with E-state index < -0.39 is 0 Å². The van der Waals surface area contributed by atoms with Gasteiger partial charge in [0.15, 0.2) is 0 Å². The van der Waals surface area contributed by atoms with E-state index >= 15 is 0 Å². The number of imidazole rings is 1. The van der Waals surface area contributed by atoms with Crippen LogP contribution in [0, 0.1) is 6.92 Å². The van der Waals surface area contributed by atoms with Gasteiger partial charge in [-0.3, -0.25) is 0 Å². The molecule has 168 valence electrons. The second kappa shape index (κ2) is 9.41. The quantitative estimate of drug-likeness (QED) is 0.288. The van der Waals surface area contributed by atoms with E-state index in [0.29, 0.717) is 23.5 Å². The zero-order chi connectivity index (χ0) is 23.3. The van der Waals surface area contributed by atoms with Crippen LogP contribution in [-0.4, -0.2) is 32.0 Å². The molecule has 0 saturated heterocycles. The molecular formula is C26H23N7O. The van der Waals surface area contributed by atoms with E-state index in [-0.39, 0.29) is 0 Å². The van der Waals surface area contributed by atoms with E-state index in [9.17, 15) is 0 Å². The molecule has 0 unspecified atom stereocenters. The second-order valence-corrected chi connectivity index (χ2v) is 7.55. The molecule has 0 amide bonds. The van der Waals surface area contributed by atoms with Gasteiger partial charge >= 0.3 is 0 Å². The second-order valence-electron chi connectivity index (χ2n) is 7.55. The van der Waals surface area contributed by atoms with Crippen LogP contribution in [-0.2, 0) is 0 Å². The standard InChI is InChI=1S/C26H23N7O/c1-17-23(18-7-4-3-5-8-18)33-26(30-17)31-19-10-12-20(13-11-19)34-24-21(9-6-15-28-24)22-14-16-29-25(27-2)32-22/h3-16H,1-2H3,(H,27,29,32)(H2,30,31,33). The molecule has 5 aromatic rings. The first-order valence-corrected chi connectivity index (χ1v) is 10.8. The number of benzene rings is 2. The van der Waals surface area contributed by atoms with Crippen LogP contribution in [0.1, 0.15) is 5.69 Å². The number of nitrogens with one attached hydrogen (secondary N) is 3. The van der Waals surface area contributed by atoms with Gasteiger partial charge in [-0.1, -0.05) is 30.3 Å². The summed E-state index contributed by atoms with van der Waals surface area (Å²) in [6.07, 6.45) is 3.39. The van der Waals surface area contributed by atoms with E-state index in [2.05, 4.69) is 30.6 Å². The minimum absolute atomic E-state index is 0.470. The lowest BCUT2D eigenvalue weighted by molar-refractivity contribution is 0.465. The van der Waals surface area contributed by atoms with Gasteiger partial charge in [-0.05, 0) is 49.4 Å². The third-order valence-electron chi connectivity index (χ3n) is 5.19. The van der Waals surface area contributed by atoms with Crippen LogP contribution in [0.5, 0.6) is 11.6 Å². The molecule has 8 heteroatoms. The summed E-state index contributed by atoms with van der Waals surface area (Å²) in [6, 6.07) is 23.3. The number of rotatable bonds is 7. The molecule has 0 aliphatic heterocycles. The van der Waals surface area contributed by atoms with E-state index in [1.54, 1.807) is 19.4 Å². The van der Waals surface area contributed by atoms with Crippen molar-refractivity contribution in [2.75, 3.05) is 17.7 Å².